The van der Waals surface area contributed by atoms with Gasteiger partial charge in [0.05, 0.1) is 6.04 Å². The van der Waals surface area contributed by atoms with E-state index < -0.39 is 6.04 Å². The molecule has 4 nitrogen and oxygen atoms in total. The quantitative estimate of drug-likeness (QED) is 0.606. The third kappa shape index (κ3) is 4.70. The number of benzene rings is 2. The fraction of sp³-hybridized carbons (Fsp3) is 0.182. The fourth-order valence-corrected chi connectivity index (χ4v) is 2.91. The molecule has 1 amide bonds. The van der Waals surface area contributed by atoms with Crippen LogP contribution >= 0.6 is 0 Å². The van der Waals surface area contributed by atoms with Crippen LogP contribution in [0.2, 0.25) is 0 Å². The number of aldehydes is 1. The lowest BCUT2D eigenvalue weighted by Gasteiger charge is -2.12. The van der Waals surface area contributed by atoms with E-state index in [1.165, 1.54) is 5.56 Å². The van der Waals surface area contributed by atoms with Crippen LogP contribution in [0.1, 0.15) is 28.9 Å². The molecule has 1 atom stereocenters. The molecule has 2 N–H and O–H groups in total. The highest BCUT2D eigenvalue weighted by Gasteiger charge is 2.15. The van der Waals surface area contributed by atoms with Crippen LogP contribution < -0.4 is 5.32 Å². The van der Waals surface area contributed by atoms with Crippen LogP contribution in [0.4, 0.5) is 0 Å². The number of aryl methyl sites for hydroxylation is 1. The number of aromatic amines is 1. The standard InChI is InChI=1S/C22H22N2O2/c25-16-20(13-7-10-17-8-3-1-4-9-17)24-22(26)21-14-19(15-23-21)18-11-5-2-6-12-18/h1-6,8-9,11-12,14-16,20,23H,7,10,13H2,(H,24,26)/t20-/m1/s1. The number of hydrogen-bond acceptors (Lipinski definition) is 2. The number of rotatable bonds is 8. The summed E-state index contributed by atoms with van der Waals surface area (Å²) in [6.45, 7) is 0. The molecule has 2 aromatic carbocycles. The molecule has 3 aromatic rings. The number of aromatic nitrogens is 1. The van der Waals surface area contributed by atoms with E-state index in [2.05, 4.69) is 22.4 Å². The smallest absolute Gasteiger partial charge is 0.268 e. The van der Waals surface area contributed by atoms with Gasteiger partial charge >= 0.3 is 0 Å². The first-order valence-corrected chi connectivity index (χ1v) is 8.80. The molecule has 3 rings (SSSR count). The SMILES string of the molecule is O=C[C@@H](CCCc1ccccc1)NC(=O)c1cc(-c2ccccc2)c[nH]1. The lowest BCUT2D eigenvalue weighted by Crippen LogP contribution is -2.36. The summed E-state index contributed by atoms with van der Waals surface area (Å²) in [4.78, 5) is 26.7. The molecule has 132 valence electrons. The highest BCUT2D eigenvalue weighted by atomic mass is 16.2. The number of nitrogens with one attached hydrogen (secondary N) is 2. The summed E-state index contributed by atoms with van der Waals surface area (Å²) in [5, 5.41) is 2.80. The molecular formula is C22H22N2O2. The van der Waals surface area contributed by atoms with Crippen molar-refractivity contribution in [2.45, 2.75) is 25.3 Å². The maximum Gasteiger partial charge on any atom is 0.268 e. The molecule has 26 heavy (non-hydrogen) atoms. The second-order valence-electron chi connectivity index (χ2n) is 6.26. The Morgan fingerprint density at radius 2 is 1.69 bits per heavy atom. The minimum Gasteiger partial charge on any atom is -0.357 e. The van der Waals surface area contributed by atoms with Gasteiger partial charge in [0.25, 0.3) is 5.91 Å². The average molecular weight is 346 g/mol. The summed E-state index contributed by atoms with van der Waals surface area (Å²) < 4.78 is 0. The number of hydrogen-bond donors (Lipinski definition) is 2. The average Bonchev–Trinajstić information content (AvgIpc) is 3.19. The van der Waals surface area contributed by atoms with Crippen molar-refractivity contribution >= 4 is 12.2 Å². The number of H-pyrrole nitrogens is 1. The molecule has 0 unspecified atom stereocenters. The Hall–Kier alpha value is -3.14. The topological polar surface area (TPSA) is 62.0 Å². The zero-order valence-electron chi connectivity index (χ0n) is 14.5. The van der Waals surface area contributed by atoms with E-state index >= 15 is 0 Å². The lowest BCUT2D eigenvalue weighted by molar-refractivity contribution is -0.109. The van der Waals surface area contributed by atoms with E-state index in [0.717, 1.165) is 30.3 Å². The number of carbonyl (C=O) groups is 2. The summed E-state index contributed by atoms with van der Waals surface area (Å²) in [5.41, 5.74) is 3.68. The summed E-state index contributed by atoms with van der Waals surface area (Å²) in [7, 11) is 0. The predicted molar refractivity (Wildman–Crippen MR) is 103 cm³/mol. The van der Waals surface area contributed by atoms with Gasteiger partial charge in [0.2, 0.25) is 0 Å². The van der Waals surface area contributed by atoms with Gasteiger partial charge in [-0.25, -0.2) is 0 Å². The highest BCUT2D eigenvalue weighted by Crippen LogP contribution is 2.19. The van der Waals surface area contributed by atoms with E-state index in [9.17, 15) is 9.59 Å². The van der Waals surface area contributed by atoms with Crippen LogP contribution in [0, 0.1) is 0 Å². The van der Waals surface area contributed by atoms with E-state index in [1.807, 2.05) is 48.5 Å². The van der Waals surface area contributed by atoms with E-state index in [0.29, 0.717) is 12.1 Å². The molecule has 4 heteroatoms. The molecule has 0 fully saturated rings. The molecule has 0 bridgehead atoms. The van der Waals surface area contributed by atoms with Gasteiger partial charge in [-0.05, 0) is 42.0 Å². The van der Waals surface area contributed by atoms with Crippen molar-refractivity contribution < 1.29 is 9.59 Å². The zero-order chi connectivity index (χ0) is 18.2. The van der Waals surface area contributed by atoms with Crippen molar-refractivity contribution in [2.24, 2.45) is 0 Å². The third-order valence-electron chi connectivity index (χ3n) is 4.34. The first-order chi connectivity index (χ1) is 12.8. The Morgan fingerprint density at radius 3 is 2.38 bits per heavy atom. The molecule has 0 radical (unpaired) electrons. The predicted octanol–water partition coefficient (Wildman–Crippen LogP) is 4.00. The molecule has 1 heterocycles. The maximum absolute atomic E-state index is 12.4. The third-order valence-corrected chi connectivity index (χ3v) is 4.34. The van der Waals surface area contributed by atoms with Crippen LogP contribution in [0.15, 0.2) is 72.9 Å². The van der Waals surface area contributed by atoms with Gasteiger partial charge in [-0.1, -0.05) is 60.7 Å². The minimum atomic E-state index is -0.477. The molecule has 0 aliphatic heterocycles. The van der Waals surface area contributed by atoms with Crippen molar-refractivity contribution in [1.29, 1.82) is 0 Å². The molecule has 0 aliphatic carbocycles. The van der Waals surface area contributed by atoms with Crippen LogP contribution in [-0.4, -0.2) is 23.2 Å². The first kappa shape index (κ1) is 17.7. The molecule has 0 spiro atoms. The van der Waals surface area contributed by atoms with E-state index in [4.69, 9.17) is 0 Å². The largest absolute Gasteiger partial charge is 0.357 e. The number of carbonyl (C=O) groups excluding carboxylic acids is 2. The van der Waals surface area contributed by atoms with Crippen molar-refractivity contribution in [1.82, 2.24) is 10.3 Å². The van der Waals surface area contributed by atoms with Crippen LogP contribution in [0.5, 0.6) is 0 Å². The van der Waals surface area contributed by atoms with Gasteiger partial charge in [0, 0.05) is 6.20 Å². The van der Waals surface area contributed by atoms with Crippen molar-refractivity contribution in [2.75, 3.05) is 0 Å². The second kappa shape index (κ2) is 8.81. The second-order valence-corrected chi connectivity index (χ2v) is 6.26. The Morgan fingerprint density at radius 1 is 1.00 bits per heavy atom. The van der Waals surface area contributed by atoms with Gasteiger partial charge < -0.3 is 15.1 Å². The molecule has 0 aliphatic rings. The van der Waals surface area contributed by atoms with Gasteiger partial charge in [-0.15, -0.1) is 0 Å². The van der Waals surface area contributed by atoms with Crippen molar-refractivity contribution in [3.05, 3.63) is 84.2 Å². The summed E-state index contributed by atoms with van der Waals surface area (Å²) in [6, 6.07) is 21.3. The highest BCUT2D eigenvalue weighted by molar-refractivity contribution is 5.95. The minimum absolute atomic E-state index is 0.260. The van der Waals surface area contributed by atoms with E-state index in [1.54, 1.807) is 12.3 Å². The van der Waals surface area contributed by atoms with Gasteiger partial charge in [0.1, 0.15) is 12.0 Å². The van der Waals surface area contributed by atoms with Crippen LogP contribution in [0.25, 0.3) is 11.1 Å². The van der Waals surface area contributed by atoms with Crippen LogP contribution in [0.3, 0.4) is 0 Å². The Kier molecular flexibility index (Phi) is 5.99. The molecule has 1 aromatic heterocycles. The summed E-state index contributed by atoms with van der Waals surface area (Å²) in [6.07, 6.45) is 4.96. The number of amides is 1. The monoisotopic (exact) mass is 346 g/mol. The Labute approximate surface area is 153 Å². The fourth-order valence-electron chi connectivity index (χ4n) is 2.91. The lowest BCUT2D eigenvalue weighted by atomic mass is 10.1. The van der Waals surface area contributed by atoms with Gasteiger partial charge in [-0.2, -0.15) is 0 Å². The molecule has 0 saturated heterocycles. The maximum atomic E-state index is 12.4. The van der Waals surface area contributed by atoms with Gasteiger partial charge in [-0.3, -0.25) is 4.79 Å². The summed E-state index contributed by atoms with van der Waals surface area (Å²) >= 11 is 0. The molecule has 0 saturated carbocycles. The van der Waals surface area contributed by atoms with Crippen molar-refractivity contribution in [3.8, 4) is 11.1 Å². The Bertz CT molecular complexity index is 841. The normalized spacial score (nSPS) is 11.7. The molecular weight excluding hydrogens is 324 g/mol. The van der Waals surface area contributed by atoms with E-state index in [-0.39, 0.29) is 5.91 Å². The Balaban J connectivity index is 1.54. The summed E-state index contributed by atoms with van der Waals surface area (Å²) in [5.74, 6) is -0.260. The van der Waals surface area contributed by atoms with Crippen molar-refractivity contribution in [3.63, 3.8) is 0 Å². The zero-order valence-corrected chi connectivity index (χ0v) is 14.5. The first-order valence-electron chi connectivity index (χ1n) is 8.80. The van der Waals surface area contributed by atoms with Gasteiger partial charge in [0.15, 0.2) is 0 Å². The van der Waals surface area contributed by atoms with Crippen LogP contribution in [-0.2, 0) is 11.2 Å².